The van der Waals surface area contributed by atoms with Gasteiger partial charge in [0, 0.05) is 38.8 Å². The Labute approximate surface area is 208 Å². The van der Waals surface area contributed by atoms with Crippen LogP contribution in [0.5, 0.6) is 11.5 Å². The number of carbonyl (C=O) groups excluding carboxylic acids is 2. The Balaban J connectivity index is 1.62. The van der Waals surface area contributed by atoms with E-state index in [1.165, 1.54) is 30.3 Å². The first-order valence-corrected chi connectivity index (χ1v) is 12.0. The number of nitrogens with zero attached hydrogens (tertiary/aromatic N) is 4. The van der Waals surface area contributed by atoms with Crippen molar-refractivity contribution in [1.82, 2.24) is 14.8 Å². The van der Waals surface area contributed by atoms with Gasteiger partial charge in [-0.15, -0.1) is 0 Å². The second-order valence-corrected chi connectivity index (χ2v) is 9.82. The van der Waals surface area contributed by atoms with E-state index in [1.807, 2.05) is 18.7 Å². The van der Waals surface area contributed by atoms with Gasteiger partial charge in [-0.3, -0.25) is 9.59 Å². The van der Waals surface area contributed by atoms with Crippen LogP contribution >= 0.6 is 0 Å². The summed E-state index contributed by atoms with van der Waals surface area (Å²) in [5.74, 6) is -0.716. The zero-order chi connectivity index (χ0) is 25.6. The molecule has 9 nitrogen and oxygen atoms in total. The molecule has 10 heteroatoms. The van der Waals surface area contributed by atoms with Crippen LogP contribution in [0.1, 0.15) is 24.2 Å². The lowest BCUT2D eigenvalue weighted by Crippen LogP contribution is -2.57. The van der Waals surface area contributed by atoms with Gasteiger partial charge >= 0.3 is 0 Å². The molecule has 190 valence electrons. The third-order valence-corrected chi connectivity index (χ3v) is 6.81. The number of ether oxygens (including phenoxy) is 2. The van der Waals surface area contributed by atoms with Gasteiger partial charge in [-0.2, -0.15) is 0 Å². The first-order chi connectivity index (χ1) is 17.2. The minimum atomic E-state index is -0.633. The molecule has 3 aliphatic rings. The molecule has 0 bridgehead atoms. The number of morpholine rings is 1. The lowest BCUT2D eigenvalue weighted by Gasteiger charge is -2.41. The molecule has 0 spiro atoms. The fourth-order valence-electron chi connectivity index (χ4n) is 5.07. The van der Waals surface area contributed by atoms with Gasteiger partial charge in [-0.1, -0.05) is 12.6 Å². The SMILES string of the molecule is C=CC(=O)N1CCN2C(=O)c3c(cc(-c4c(O)cccc4F)nc3N3CCOC(C)(C)C3)OC[C@H]2C1. The van der Waals surface area contributed by atoms with Gasteiger partial charge in [-0.25, -0.2) is 9.37 Å². The van der Waals surface area contributed by atoms with Gasteiger partial charge in [-0.05, 0) is 32.1 Å². The maximum atomic E-state index is 14.8. The molecule has 0 aliphatic carbocycles. The number of benzene rings is 1. The highest BCUT2D eigenvalue weighted by Gasteiger charge is 2.40. The van der Waals surface area contributed by atoms with Crippen molar-refractivity contribution in [3.8, 4) is 22.8 Å². The highest BCUT2D eigenvalue weighted by Crippen LogP contribution is 2.40. The molecule has 3 aliphatic heterocycles. The van der Waals surface area contributed by atoms with Crippen molar-refractivity contribution in [2.75, 3.05) is 50.8 Å². The minimum Gasteiger partial charge on any atom is -0.507 e. The van der Waals surface area contributed by atoms with Crippen LogP contribution in [0.2, 0.25) is 0 Å². The number of hydrogen-bond acceptors (Lipinski definition) is 7. The molecule has 5 rings (SSSR count). The first kappa shape index (κ1) is 24.1. The molecule has 2 fully saturated rings. The summed E-state index contributed by atoms with van der Waals surface area (Å²) in [7, 11) is 0. The molecule has 36 heavy (non-hydrogen) atoms. The van der Waals surface area contributed by atoms with Crippen LogP contribution in [0.15, 0.2) is 36.9 Å². The lowest BCUT2D eigenvalue weighted by molar-refractivity contribution is -0.128. The Hall–Kier alpha value is -3.66. The predicted molar refractivity (Wildman–Crippen MR) is 131 cm³/mol. The van der Waals surface area contributed by atoms with E-state index in [1.54, 1.807) is 9.80 Å². The molecule has 2 amide bonds. The van der Waals surface area contributed by atoms with E-state index >= 15 is 0 Å². The first-order valence-electron chi connectivity index (χ1n) is 12.0. The molecular formula is C26H29FN4O5. The summed E-state index contributed by atoms with van der Waals surface area (Å²) in [6.07, 6.45) is 1.26. The molecule has 1 N–H and O–H groups in total. The van der Waals surface area contributed by atoms with E-state index in [0.29, 0.717) is 50.7 Å². The number of carbonyl (C=O) groups is 2. The lowest BCUT2D eigenvalue weighted by atomic mass is 10.0. The number of halogens is 1. The van der Waals surface area contributed by atoms with Crippen LogP contribution in [0.25, 0.3) is 11.3 Å². The minimum absolute atomic E-state index is 0.0603. The smallest absolute Gasteiger partial charge is 0.261 e. The van der Waals surface area contributed by atoms with Crippen molar-refractivity contribution >= 4 is 17.6 Å². The summed E-state index contributed by atoms with van der Waals surface area (Å²) in [6, 6.07) is 5.20. The number of pyridine rings is 1. The number of amides is 2. The number of fused-ring (bicyclic) bond motifs is 2. The normalized spacial score (nSPS) is 21.2. The molecule has 0 radical (unpaired) electrons. The summed E-state index contributed by atoms with van der Waals surface area (Å²) < 4.78 is 26.8. The highest BCUT2D eigenvalue weighted by atomic mass is 19.1. The largest absolute Gasteiger partial charge is 0.507 e. The zero-order valence-electron chi connectivity index (χ0n) is 20.4. The molecular weight excluding hydrogens is 467 g/mol. The quantitative estimate of drug-likeness (QED) is 0.653. The number of piperazine rings is 1. The van der Waals surface area contributed by atoms with Gasteiger partial charge < -0.3 is 29.3 Å². The van der Waals surface area contributed by atoms with Gasteiger partial charge in [0.1, 0.15) is 35.3 Å². The molecule has 2 saturated heterocycles. The van der Waals surface area contributed by atoms with Gasteiger partial charge in [0.15, 0.2) is 0 Å². The van der Waals surface area contributed by atoms with E-state index in [4.69, 9.17) is 14.5 Å². The second-order valence-electron chi connectivity index (χ2n) is 9.82. The number of aromatic hydroxyl groups is 1. The highest BCUT2D eigenvalue weighted by molar-refractivity contribution is 6.03. The van der Waals surface area contributed by atoms with Crippen molar-refractivity contribution in [3.05, 3.63) is 48.3 Å². The molecule has 0 unspecified atom stereocenters. The second kappa shape index (κ2) is 9.09. The monoisotopic (exact) mass is 496 g/mol. The van der Waals surface area contributed by atoms with Crippen LogP contribution in [0.3, 0.4) is 0 Å². The van der Waals surface area contributed by atoms with Crippen molar-refractivity contribution in [1.29, 1.82) is 0 Å². The average molecular weight is 497 g/mol. The Kier molecular flexibility index (Phi) is 6.07. The van der Waals surface area contributed by atoms with Crippen LogP contribution < -0.4 is 9.64 Å². The fraction of sp³-hybridized carbons (Fsp3) is 0.423. The predicted octanol–water partition coefficient (Wildman–Crippen LogP) is 2.44. The maximum absolute atomic E-state index is 14.8. The molecule has 1 aromatic carbocycles. The topological polar surface area (TPSA) is 95.4 Å². The van der Waals surface area contributed by atoms with Crippen molar-refractivity contribution in [3.63, 3.8) is 0 Å². The summed E-state index contributed by atoms with van der Waals surface area (Å²) in [5.41, 5.74) is -0.0931. The van der Waals surface area contributed by atoms with Crippen LogP contribution in [-0.4, -0.2) is 89.3 Å². The molecule has 1 atom stereocenters. The molecule has 1 aromatic heterocycles. The third-order valence-electron chi connectivity index (χ3n) is 6.81. The Morgan fingerprint density at radius 3 is 2.81 bits per heavy atom. The van der Waals surface area contributed by atoms with E-state index in [-0.39, 0.29) is 47.2 Å². The van der Waals surface area contributed by atoms with Crippen molar-refractivity contribution in [2.45, 2.75) is 25.5 Å². The van der Waals surface area contributed by atoms with Crippen LogP contribution in [0.4, 0.5) is 10.2 Å². The molecule has 2 aromatic rings. The number of hydrogen-bond donors (Lipinski definition) is 1. The number of anilines is 1. The van der Waals surface area contributed by atoms with E-state index in [9.17, 15) is 19.1 Å². The van der Waals surface area contributed by atoms with Crippen LogP contribution in [-0.2, 0) is 9.53 Å². The van der Waals surface area contributed by atoms with Gasteiger partial charge in [0.05, 0.1) is 29.5 Å². The standard InChI is InChI=1S/C26H29FN4O5/c1-4-21(33)29-8-9-31-16(13-29)14-35-20-12-18(22-17(27)6-5-7-19(22)32)28-24(23(20)25(31)34)30-10-11-36-26(2,3)15-30/h4-7,12,16,32H,1,8-11,13-15H2,2-3H3/t16-/m1/s1. The zero-order valence-corrected chi connectivity index (χ0v) is 20.4. The summed E-state index contributed by atoms with van der Waals surface area (Å²) in [4.78, 5) is 36.1. The number of aromatic nitrogens is 1. The Morgan fingerprint density at radius 1 is 1.28 bits per heavy atom. The fourth-order valence-corrected chi connectivity index (χ4v) is 5.07. The number of phenols is 1. The Morgan fingerprint density at radius 2 is 2.08 bits per heavy atom. The van der Waals surface area contributed by atoms with E-state index in [2.05, 4.69) is 6.58 Å². The Bertz CT molecular complexity index is 1210. The van der Waals surface area contributed by atoms with Crippen molar-refractivity contribution < 1.29 is 28.6 Å². The van der Waals surface area contributed by atoms with Gasteiger partial charge in [0.25, 0.3) is 5.91 Å². The molecule has 4 heterocycles. The molecule has 0 saturated carbocycles. The maximum Gasteiger partial charge on any atom is 0.261 e. The number of rotatable bonds is 3. The van der Waals surface area contributed by atoms with Crippen molar-refractivity contribution in [2.24, 2.45) is 0 Å². The average Bonchev–Trinajstić information content (AvgIpc) is 2.98. The summed E-state index contributed by atoms with van der Waals surface area (Å²) in [5, 5.41) is 10.4. The van der Waals surface area contributed by atoms with Crippen LogP contribution in [0, 0.1) is 5.82 Å². The number of phenolic OH excluding ortho intramolecular Hbond substituents is 1. The van der Waals surface area contributed by atoms with E-state index < -0.39 is 11.4 Å². The third kappa shape index (κ3) is 4.26. The van der Waals surface area contributed by atoms with E-state index in [0.717, 1.165) is 0 Å². The summed E-state index contributed by atoms with van der Waals surface area (Å²) >= 11 is 0. The summed E-state index contributed by atoms with van der Waals surface area (Å²) in [6.45, 7) is 10.0. The van der Waals surface area contributed by atoms with Gasteiger partial charge in [0.2, 0.25) is 5.91 Å².